The number of carbonyl (C=O) groups excluding carboxylic acids is 2. The number of anilines is 3. The summed E-state index contributed by atoms with van der Waals surface area (Å²) in [5.41, 5.74) is 2.44. The van der Waals surface area contributed by atoms with Crippen molar-refractivity contribution in [2.45, 2.75) is 0 Å². The highest BCUT2D eigenvalue weighted by molar-refractivity contribution is 6.02. The maximum absolute atomic E-state index is 13.1. The lowest BCUT2D eigenvalue weighted by molar-refractivity contribution is -0.111. The summed E-state index contributed by atoms with van der Waals surface area (Å²) < 4.78 is 13.1. The zero-order chi connectivity index (χ0) is 19.8. The Balaban J connectivity index is 1.52. The summed E-state index contributed by atoms with van der Waals surface area (Å²) in [6.45, 7) is 0. The topological polar surface area (TPSA) is 70.2 Å². The van der Waals surface area contributed by atoms with Gasteiger partial charge in [0.05, 0.1) is 0 Å². The number of urea groups is 1. The highest BCUT2D eigenvalue weighted by atomic mass is 19.1. The van der Waals surface area contributed by atoms with Crippen molar-refractivity contribution in [3.8, 4) is 0 Å². The standard InChI is InChI=1S/C22H18FN3O2/c23-17-6-4-5-16(15-17)9-14-21(27)24-19-10-12-20(13-11-19)26-22(28)25-18-7-2-1-3-8-18/h1-15H,(H,24,27)(H2,25,26,28)/b14-9-. The lowest BCUT2D eigenvalue weighted by Gasteiger charge is -2.08. The van der Waals surface area contributed by atoms with E-state index < -0.39 is 0 Å². The number of hydrogen-bond acceptors (Lipinski definition) is 2. The summed E-state index contributed by atoms with van der Waals surface area (Å²) in [6.07, 6.45) is 2.86. The van der Waals surface area contributed by atoms with E-state index in [9.17, 15) is 14.0 Å². The van der Waals surface area contributed by atoms with E-state index in [0.717, 1.165) is 0 Å². The van der Waals surface area contributed by atoms with E-state index in [1.807, 2.05) is 18.2 Å². The number of carbonyl (C=O) groups is 2. The van der Waals surface area contributed by atoms with Crippen molar-refractivity contribution in [2.24, 2.45) is 0 Å². The third-order valence-electron chi connectivity index (χ3n) is 3.72. The number of halogens is 1. The fourth-order valence-corrected chi connectivity index (χ4v) is 2.42. The Morgan fingerprint density at radius 3 is 1.96 bits per heavy atom. The maximum Gasteiger partial charge on any atom is 0.323 e. The predicted molar refractivity (Wildman–Crippen MR) is 110 cm³/mol. The third kappa shape index (κ3) is 5.81. The number of amides is 3. The van der Waals surface area contributed by atoms with Gasteiger partial charge < -0.3 is 16.0 Å². The first-order valence-corrected chi connectivity index (χ1v) is 8.56. The number of nitrogens with one attached hydrogen (secondary N) is 3. The Hall–Kier alpha value is -3.93. The Kier molecular flexibility index (Phi) is 6.15. The van der Waals surface area contributed by atoms with E-state index in [4.69, 9.17) is 0 Å². The lowest BCUT2D eigenvalue weighted by Crippen LogP contribution is -2.19. The van der Waals surface area contributed by atoms with Gasteiger partial charge in [-0.25, -0.2) is 9.18 Å². The van der Waals surface area contributed by atoms with Crippen LogP contribution in [0.1, 0.15) is 5.56 Å². The molecule has 3 aromatic carbocycles. The van der Waals surface area contributed by atoms with Crippen molar-refractivity contribution in [2.75, 3.05) is 16.0 Å². The predicted octanol–water partition coefficient (Wildman–Crippen LogP) is 5.12. The van der Waals surface area contributed by atoms with Gasteiger partial charge in [0, 0.05) is 23.1 Å². The molecule has 0 saturated heterocycles. The zero-order valence-electron chi connectivity index (χ0n) is 14.9. The Morgan fingerprint density at radius 2 is 1.32 bits per heavy atom. The molecule has 0 bridgehead atoms. The molecule has 140 valence electrons. The molecular formula is C22H18FN3O2. The average molecular weight is 375 g/mol. The van der Waals surface area contributed by atoms with E-state index in [1.165, 1.54) is 24.3 Å². The zero-order valence-corrected chi connectivity index (χ0v) is 14.9. The normalized spacial score (nSPS) is 10.5. The summed E-state index contributed by atoms with van der Waals surface area (Å²) in [5, 5.41) is 8.13. The van der Waals surface area contributed by atoms with Crippen molar-refractivity contribution in [3.05, 3.63) is 96.3 Å². The minimum absolute atomic E-state index is 0.341. The van der Waals surface area contributed by atoms with Crippen LogP contribution in [0.4, 0.5) is 26.2 Å². The Morgan fingerprint density at radius 1 is 0.714 bits per heavy atom. The van der Waals surface area contributed by atoms with Crippen molar-refractivity contribution >= 4 is 35.1 Å². The molecule has 0 aliphatic carbocycles. The van der Waals surface area contributed by atoms with Crippen LogP contribution in [0.2, 0.25) is 0 Å². The molecular weight excluding hydrogens is 357 g/mol. The first kappa shape index (κ1) is 18.8. The van der Waals surface area contributed by atoms with Gasteiger partial charge in [0.2, 0.25) is 5.91 Å². The second-order valence-corrected chi connectivity index (χ2v) is 5.90. The minimum Gasteiger partial charge on any atom is -0.323 e. The van der Waals surface area contributed by atoms with Crippen molar-refractivity contribution in [3.63, 3.8) is 0 Å². The van der Waals surface area contributed by atoms with Crippen LogP contribution in [0.3, 0.4) is 0 Å². The first-order valence-electron chi connectivity index (χ1n) is 8.56. The molecule has 0 spiro atoms. The highest BCUT2D eigenvalue weighted by Crippen LogP contribution is 2.15. The molecule has 28 heavy (non-hydrogen) atoms. The van der Waals surface area contributed by atoms with E-state index >= 15 is 0 Å². The quantitative estimate of drug-likeness (QED) is 0.542. The molecule has 3 amide bonds. The molecule has 6 heteroatoms. The fraction of sp³-hybridized carbons (Fsp3) is 0. The molecule has 0 unspecified atom stereocenters. The molecule has 0 saturated carbocycles. The molecule has 0 radical (unpaired) electrons. The van der Waals surface area contributed by atoms with Gasteiger partial charge in [-0.05, 0) is 60.2 Å². The van der Waals surface area contributed by atoms with Crippen LogP contribution in [-0.4, -0.2) is 11.9 Å². The first-order chi connectivity index (χ1) is 13.6. The molecule has 5 nitrogen and oxygen atoms in total. The van der Waals surface area contributed by atoms with Gasteiger partial charge in [-0.3, -0.25) is 4.79 Å². The van der Waals surface area contributed by atoms with Crippen LogP contribution in [0.25, 0.3) is 6.08 Å². The molecule has 0 fully saturated rings. The monoisotopic (exact) mass is 375 g/mol. The van der Waals surface area contributed by atoms with E-state index in [2.05, 4.69) is 16.0 Å². The molecule has 0 aromatic heterocycles. The summed E-state index contributed by atoms with van der Waals surface area (Å²) in [7, 11) is 0. The molecule has 0 aliphatic rings. The fourth-order valence-electron chi connectivity index (χ4n) is 2.42. The molecule has 0 aliphatic heterocycles. The lowest BCUT2D eigenvalue weighted by atomic mass is 10.2. The van der Waals surface area contributed by atoms with Crippen molar-refractivity contribution in [1.29, 1.82) is 0 Å². The van der Waals surface area contributed by atoms with Crippen LogP contribution in [0.15, 0.2) is 84.9 Å². The molecule has 3 N–H and O–H groups in total. The third-order valence-corrected chi connectivity index (χ3v) is 3.72. The summed E-state index contributed by atoms with van der Waals surface area (Å²) in [5.74, 6) is -0.700. The Labute approximate surface area is 161 Å². The molecule has 3 aromatic rings. The molecule has 3 rings (SSSR count). The van der Waals surface area contributed by atoms with Crippen molar-refractivity contribution in [1.82, 2.24) is 0 Å². The number of benzene rings is 3. The van der Waals surface area contributed by atoms with E-state index in [0.29, 0.717) is 22.6 Å². The number of hydrogen-bond donors (Lipinski definition) is 3. The maximum atomic E-state index is 13.1. The van der Waals surface area contributed by atoms with Gasteiger partial charge in [0.25, 0.3) is 0 Å². The van der Waals surface area contributed by atoms with Gasteiger partial charge in [-0.1, -0.05) is 30.3 Å². The van der Waals surface area contributed by atoms with E-state index in [1.54, 1.807) is 48.5 Å². The summed E-state index contributed by atoms with van der Waals surface area (Å²) in [6, 6.07) is 21.4. The van der Waals surface area contributed by atoms with Gasteiger partial charge in [0.15, 0.2) is 0 Å². The minimum atomic E-state index is -0.360. The van der Waals surface area contributed by atoms with Crippen LogP contribution >= 0.6 is 0 Å². The summed E-state index contributed by atoms with van der Waals surface area (Å²) >= 11 is 0. The smallest absolute Gasteiger partial charge is 0.323 e. The van der Waals surface area contributed by atoms with E-state index in [-0.39, 0.29) is 17.8 Å². The Bertz CT molecular complexity index is 986. The van der Waals surface area contributed by atoms with Crippen LogP contribution in [-0.2, 0) is 4.79 Å². The van der Waals surface area contributed by atoms with Gasteiger partial charge in [-0.2, -0.15) is 0 Å². The molecule has 0 heterocycles. The molecule has 0 atom stereocenters. The van der Waals surface area contributed by atoms with Gasteiger partial charge in [0.1, 0.15) is 5.82 Å². The largest absolute Gasteiger partial charge is 0.323 e. The van der Waals surface area contributed by atoms with Gasteiger partial charge in [-0.15, -0.1) is 0 Å². The highest BCUT2D eigenvalue weighted by Gasteiger charge is 2.03. The summed E-state index contributed by atoms with van der Waals surface area (Å²) in [4.78, 5) is 23.9. The van der Waals surface area contributed by atoms with Crippen LogP contribution in [0, 0.1) is 5.82 Å². The van der Waals surface area contributed by atoms with Crippen LogP contribution < -0.4 is 16.0 Å². The van der Waals surface area contributed by atoms with Crippen LogP contribution in [0.5, 0.6) is 0 Å². The second-order valence-electron chi connectivity index (χ2n) is 5.90. The number of rotatable bonds is 5. The SMILES string of the molecule is O=C(/C=C\c1cccc(F)c1)Nc1ccc(NC(=O)Nc2ccccc2)cc1. The number of para-hydroxylation sites is 1. The van der Waals surface area contributed by atoms with Gasteiger partial charge >= 0.3 is 6.03 Å². The average Bonchev–Trinajstić information content (AvgIpc) is 2.69. The van der Waals surface area contributed by atoms with Crippen molar-refractivity contribution < 1.29 is 14.0 Å². The second kappa shape index (κ2) is 9.14.